The maximum absolute atomic E-state index is 12.4. The van der Waals surface area contributed by atoms with Crippen molar-refractivity contribution in [1.82, 2.24) is 15.6 Å². The van der Waals surface area contributed by atoms with Crippen LogP contribution in [0.15, 0.2) is 47.6 Å². The molecule has 0 saturated heterocycles. The minimum Gasteiger partial charge on any atom is -0.486 e. The van der Waals surface area contributed by atoms with Crippen LogP contribution in [0.4, 0.5) is 13.2 Å². The van der Waals surface area contributed by atoms with Crippen molar-refractivity contribution in [2.45, 2.75) is 18.8 Å². The van der Waals surface area contributed by atoms with Crippen LogP contribution in [0.1, 0.15) is 5.56 Å². The molecule has 1 atom stereocenters. The van der Waals surface area contributed by atoms with Crippen LogP contribution in [-0.4, -0.2) is 50.0 Å². The Bertz CT molecular complexity index is 845. The number of alkyl halides is 3. The summed E-state index contributed by atoms with van der Waals surface area (Å²) in [6.45, 7) is -0.395. The Balaban J connectivity index is 1.50. The highest BCUT2D eigenvalue weighted by Gasteiger charge is 2.29. The number of halogens is 3. The molecule has 1 aromatic carbocycles. The van der Waals surface area contributed by atoms with Crippen LogP contribution in [0.2, 0.25) is 0 Å². The van der Waals surface area contributed by atoms with E-state index in [0.717, 1.165) is 0 Å². The molecule has 1 aliphatic rings. The number of fused-ring (bicyclic) bond motifs is 1. The summed E-state index contributed by atoms with van der Waals surface area (Å²) in [4.78, 5) is 7.97. The minimum absolute atomic E-state index is 0.0756. The number of aliphatic imine (C=N–C) groups is 1. The molecule has 10 heteroatoms. The van der Waals surface area contributed by atoms with Gasteiger partial charge >= 0.3 is 6.18 Å². The first-order valence-corrected chi connectivity index (χ1v) is 8.91. The Labute approximate surface area is 165 Å². The summed E-state index contributed by atoms with van der Waals surface area (Å²) in [6, 6.07) is 10.7. The molecular weight excluding hydrogens is 389 g/mol. The molecule has 0 spiro atoms. The number of hydrogen-bond acceptors (Lipinski definition) is 5. The Morgan fingerprint density at radius 1 is 1.21 bits per heavy atom. The van der Waals surface area contributed by atoms with Crippen LogP contribution in [0, 0.1) is 0 Å². The quantitative estimate of drug-likeness (QED) is 0.563. The highest BCUT2D eigenvalue weighted by Crippen LogP contribution is 2.30. The van der Waals surface area contributed by atoms with Crippen molar-refractivity contribution in [3.63, 3.8) is 0 Å². The lowest BCUT2D eigenvalue weighted by Gasteiger charge is -2.27. The summed E-state index contributed by atoms with van der Waals surface area (Å²) >= 11 is 0. The molecule has 2 heterocycles. The third-order valence-corrected chi connectivity index (χ3v) is 3.96. The van der Waals surface area contributed by atoms with Crippen LogP contribution in [0.3, 0.4) is 0 Å². The fourth-order valence-electron chi connectivity index (χ4n) is 2.61. The zero-order valence-electron chi connectivity index (χ0n) is 15.7. The number of nitrogens with zero attached hydrogens (tertiary/aromatic N) is 2. The second kappa shape index (κ2) is 9.35. The van der Waals surface area contributed by atoms with Gasteiger partial charge in [0, 0.05) is 25.4 Å². The number of aromatic nitrogens is 1. The number of guanidine groups is 1. The molecule has 0 aliphatic carbocycles. The number of rotatable bonds is 6. The molecule has 0 bridgehead atoms. The van der Waals surface area contributed by atoms with Gasteiger partial charge in [0.25, 0.3) is 0 Å². The molecule has 2 aromatic rings. The van der Waals surface area contributed by atoms with Gasteiger partial charge in [0.05, 0.1) is 6.54 Å². The van der Waals surface area contributed by atoms with Gasteiger partial charge in [0.1, 0.15) is 12.7 Å². The molecule has 2 N–H and O–H groups in total. The monoisotopic (exact) mass is 410 g/mol. The highest BCUT2D eigenvalue weighted by atomic mass is 19.4. The smallest absolute Gasteiger partial charge is 0.422 e. The van der Waals surface area contributed by atoms with E-state index in [0.29, 0.717) is 36.2 Å². The maximum atomic E-state index is 12.4. The number of benzene rings is 1. The summed E-state index contributed by atoms with van der Waals surface area (Å²) in [5.74, 6) is 1.76. The van der Waals surface area contributed by atoms with Crippen molar-refractivity contribution in [1.29, 1.82) is 0 Å². The molecule has 3 rings (SSSR count). The zero-order chi connectivity index (χ0) is 20.7. The largest absolute Gasteiger partial charge is 0.486 e. The van der Waals surface area contributed by atoms with Gasteiger partial charge in [0.2, 0.25) is 5.88 Å². The number of hydrogen-bond donors (Lipinski definition) is 2. The third-order valence-electron chi connectivity index (χ3n) is 3.96. The molecule has 1 aliphatic heterocycles. The zero-order valence-corrected chi connectivity index (χ0v) is 15.7. The Kier molecular flexibility index (Phi) is 6.63. The fraction of sp³-hybridized carbons (Fsp3) is 0.368. The lowest BCUT2D eigenvalue weighted by Crippen LogP contribution is -2.45. The van der Waals surface area contributed by atoms with Gasteiger partial charge < -0.3 is 24.8 Å². The molecule has 1 unspecified atom stereocenters. The topological polar surface area (TPSA) is 77.0 Å². The Hall–Kier alpha value is -3.17. The Morgan fingerprint density at radius 3 is 2.76 bits per heavy atom. The van der Waals surface area contributed by atoms with Crippen molar-refractivity contribution >= 4 is 5.96 Å². The lowest BCUT2D eigenvalue weighted by atomic mass is 10.2. The minimum atomic E-state index is -4.43. The first kappa shape index (κ1) is 20.6. The van der Waals surface area contributed by atoms with Crippen LogP contribution >= 0.6 is 0 Å². The first-order valence-electron chi connectivity index (χ1n) is 8.91. The summed E-state index contributed by atoms with van der Waals surface area (Å²) in [5.41, 5.74) is 0.478. The SMILES string of the molecule is CN=C(NCc1cccnc1OCC(F)(F)F)NCC1COc2ccccc2O1. The van der Waals surface area contributed by atoms with E-state index in [4.69, 9.17) is 14.2 Å². The summed E-state index contributed by atoms with van der Waals surface area (Å²) in [6.07, 6.45) is -3.27. The van der Waals surface area contributed by atoms with E-state index in [1.165, 1.54) is 6.20 Å². The second-order valence-corrected chi connectivity index (χ2v) is 6.18. The van der Waals surface area contributed by atoms with E-state index in [1.807, 2.05) is 24.3 Å². The van der Waals surface area contributed by atoms with Gasteiger partial charge in [-0.05, 0) is 18.2 Å². The van der Waals surface area contributed by atoms with Crippen molar-refractivity contribution in [2.24, 2.45) is 4.99 Å². The van der Waals surface area contributed by atoms with Gasteiger partial charge in [-0.2, -0.15) is 13.2 Å². The third kappa shape index (κ3) is 6.16. The van der Waals surface area contributed by atoms with Crippen LogP contribution in [0.25, 0.3) is 0 Å². The Morgan fingerprint density at radius 2 is 2.00 bits per heavy atom. The maximum Gasteiger partial charge on any atom is 0.422 e. The number of ether oxygens (including phenoxy) is 3. The van der Waals surface area contributed by atoms with E-state index < -0.39 is 12.8 Å². The number of pyridine rings is 1. The van der Waals surface area contributed by atoms with E-state index in [1.54, 1.807) is 19.2 Å². The van der Waals surface area contributed by atoms with E-state index in [-0.39, 0.29) is 18.5 Å². The second-order valence-electron chi connectivity index (χ2n) is 6.18. The molecule has 0 radical (unpaired) electrons. The molecule has 0 amide bonds. The van der Waals surface area contributed by atoms with Gasteiger partial charge in [-0.15, -0.1) is 0 Å². The van der Waals surface area contributed by atoms with Crippen molar-refractivity contribution in [3.8, 4) is 17.4 Å². The van der Waals surface area contributed by atoms with Crippen LogP contribution < -0.4 is 24.8 Å². The first-order chi connectivity index (χ1) is 13.9. The molecule has 7 nitrogen and oxygen atoms in total. The number of para-hydroxylation sites is 2. The van der Waals surface area contributed by atoms with E-state index in [2.05, 4.69) is 20.6 Å². The predicted molar refractivity (Wildman–Crippen MR) is 100 cm³/mol. The normalized spacial score (nSPS) is 16.3. The van der Waals surface area contributed by atoms with Gasteiger partial charge in [-0.1, -0.05) is 18.2 Å². The summed E-state index contributed by atoms with van der Waals surface area (Å²) in [5, 5.41) is 6.13. The highest BCUT2D eigenvalue weighted by molar-refractivity contribution is 5.79. The standard InChI is InChI=1S/C19H21F3N4O3/c1-23-18(26-10-14-11-27-15-6-2-3-7-16(15)29-14)25-9-13-5-4-8-24-17(13)28-12-19(20,21)22/h2-8,14H,9-12H2,1H3,(H2,23,25,26). The molecular formula is C19H21F3N4O3. The molecule has 29 heavy (non-hydrogen) atoms. The predicted octanol–water partition coefficient (Wildman–Crippen LogP) is 2.53. The summed E-state index contributed by atoms with van der Waals surface area (Å²) in [7, 11) is 1.59. The summed E-state index contributed by atoms with van der Waals surface area (Å²) < 4.78 is 53.5. The van der Waals surface area contributed by atoms with Crippen molar-refractivity contribution < 1.29 is 27.4 Å². The van der Waals surface area contributed by atoms with Crippen LogP contribution in [0.5, 0.6) is 17.4 Å². The molecule has 0 fully saturated rings. The van der Waals surface area contributed by atoms with Crippen molar-refractivity contribution in [2.75, 3.05) is 26.8 Å². The van der Waals surface area contributed by atoms with Crippen LogP contribution in [-0.2, 0) is 6.54 Å². The van der Waals surface area contributed by atoms with Gasteiger partial charge in [0.15, 0.2) is 24.1 Å². The lowest BCUT2D eigenvalue weighted by molar-refractivity contribution is -0.154. The van der Waals surface area contributed by atoms with Gasteiger partial charge in [-0.25, -0.2) is 4.98 Å². The average molecular weight is 410 g/mol. The molecule has 0 saturated carbocycles. The molecule has 156 valence electrons. The number of nitrogens with one attached hydrogen (secondary N) is 2. The van der Waals surface area contributed by atoms with E-state index >= 15 is 0 Å². The fourth-order valence-corrected chi connectivity index (χ4v) is 2.61. The van der Waals surface area contributed by atoms with Gasteiger partial charge in [-0.3, -0.25) is 4.99 Å². The molecule has 1 aromatic heterocycles. The van der Waals surface area contributed by atoms with E-state index in [9.17, 15) is 13.2 Å². The van der Waals surface area contributed by atoms with Crippen molar-refractivity contribution in [3.05, 3.63) is 48.2 Å². The average Bonchev–Trinajstić information content (AvgIpc) is 2.72.